The van der Waals surface area contributed by atoms with Crippen molar-refractivity contribution in [2.45, 2.75) is 39.5 Å². The summed E-state index contributed by atoms with van der Waals surface area (Å²) in [6.45, 7) is 5.17. The number of anilines is 2. The number of nitrogens with zero attached hydrogens (tertiary/aromatic N) is 2. The summed E-state index contributed by atoms with van der Waals surface area (Å²) >= 11 is 0. The molecule has 0 saturated heterocycles. The second-order valence-electron chi connectivity index (χ2n) is 5.10. The molecule has 0 aromatic carbocycles. The molecule has 2 rings (SSSR count). The van der Waals surface area contributed by atoms with Crippen molar-refractivity contribution in [1.29, 1.82) is 0 Å². The van der Waals surface area contributed by atoms with Gasteiger partial charge in [0.15, 0.2) is 0 Å². The molecule has 1 aromatic heterocycles. The van der Waals surface area contributed by atoms with E-state index in [1.807, 2.05) is 6.92 Å². The molecule has 1 aromatic rings. The normalized spacial score (nSPS) is 18.6. The first-order chi connectivity index (χ1) is 7.57. The van der Waals surface area contributed by atoms with E-state index >= 15 is 0 Å². The van der Waals surface area contributed by atoms with Crippen LogP contribution in [-0.2, 0) is 0 Å². The van der Waals surface area contributed by atoms with Gasteiger partial charge in [-0.3, -0.25) is 0 Å². The molecule has 0 bridgehead atoms. The van der Waals surface area contributed by atoms with Crippen LogP contribution in [0.2, 0.25) is 0 Å². The highest BCUT2D eigenvalue weighted by Gasteiger charge is 2.28. The highest BCUT2D eigenvalue weighted by molar-refractivity contribution is 5.44. The van der Waals surface area contributed by atoms with Gasteiger partial charge in [-0.15, -0.1) is 0 Å². The largest absolute Gasteiger partial charge is 0.384 e. The van der Waals surface area contributed by atoms with Crippen LogP contribution in [0.3, 0.4) is 0 Å². The number of rotatable bonds is 3. The molecule has 3 N–H and O–H groups in total. The monoisotopic (exact) mass is 220 g/mol. The lowest BCUT2D eigenvalue weighted by Crippen LogP contribution is -2.23. The van der Waals surface area contributed by atoms with Crippen LogP contribution in [0.5, 0.6) is 0 Å². The van der Waals surface area contributed by atoms with Crippen LogP contribution in [0, 0.1) is 12.3 Å². The third-order valence-corrected chi connectivity index (χ3v) is 3.36. The minimum Gasteiger partial charge on any atom is -0.384 e. The molecule has 88 valence electrons. The second kappa shape index (κ2) is 4.28. The van der Waals surface area contributed by atoms with Crippen LogP contribution in [0.1, 0.15) is 38.4 Å². The van der Waals surface area contributed by atoms with Crippen molar-refractivity contribution in [1.82, 2.24) is 9.97 Å². The summed E-state index contributed by atoms with van der Waals surface area (Å²) in [6.07, 6.45) is 5.31. The van der Waals surface area contributed by atoms with Crippen molar-refractivity contribution in [3.63, 3.8) is 0 Å². The maximum absolute atomic E-state index is 5.69. The zero-order valence-corrected chi connectivity index (χ0v) is 10.1. The predicted molar refractivity (Wildman–Crippen MR) is 66.2 cm³/mol. The molecule has 1 fully saturated rings. The zero-order valence-electron chi connectivity index (χ0n) is 10.1. The van der Waals surface area contributed by atoms with Crippen LogP contribution >= 0.6 is 0 Å². The summed E-state index contributed by atoms with van der Waals surface area (Å²) in [6, 6.07) is 1.80. The molecule has 0 aliphatic heterocycles. The molecule has 1 aliphatic carbocycles. The minimum atomic E-state index is 0.424. The molecular weight excluding hydrogens is 200 g/mol. The molecule has 0 amide bonds. The first-order valence-electron chi connectivity index (χ1n) is 5.92. The highest BCUT2D eigenvalue weighted by Crippen LogP contribution is 2.37. The van der Waals surface area contributed by atoms with Gasteiger partial charge in [0.2, 0.25) is 0 Å². The molecule has 0 radical (unpaired) electrons. The topological polar surface area (TPSA) is 63.8 Å². The number of hydrogen-bond donors (Lipinski definition) is 2. The summed E-state index contributed by atoms with van der Waals surface area (Å²) in [5, 5.41) is 3.38. The van der Waals surface area contributed by atoms with E-state index in [9.17, 15) is 0 Å². The molecule has 4 heteroatoms. The third kappa shape index (κ3) is 2.62. The lowest BCUT2D eigenvalue weighted by atomic mass is 9.89. The van der Waals surface area contributed by atoms with Crippen molar-refractivity contribution in [2.24, 2.45) is 5.41 Å². The van der Waals surface area contributed by atoms with Gasteiger partial charge < -0.3 is 11.1 Å². The van der Waals surface area contributed by atoms with Gasteiger partial charge in [0.25, 0.3) is 0 Å². The Hall–Kier alpha value is -1.32. The van der Waals surface area contributed by atoms with Crippen molar-refractivity contribution < 1.29 is 0 Å². The summed E-state index contributed by atoms with van der Waals surface area (Å²) < 4.78 is 0. The molecule has 1 heterocycles. The Bertz CT molecular complexity index is 349. The first kappa shape index (κ1) is 11.2. The SMILES string of the molecule is Cc1nc(N)cc(NCC2(C)CCCC2)n1. The number of hydrogen-bond acceptors (Lipinski definition) is 4. The fraction of sp³-hybridized carbons (Fsp3) is 0.667. The van der Waals surface area contributed by atoms with Crippen LogP contribution in [0.15, 0.2) is 6.07 Å². The van der Waals surface area contributed by atoms with E-state index in [-0.39, 0.29) is 0 Å². The quantitative estimate of drug-likeness (QED) is 0.820. The molecule has 1 saturated carbocycles. The third-order valence-electron chi connectivity index (χ3n) is 3.36. The molecule has 0 atom stereocenters. The fourth-order valence-corrected chi connectivity index (χ4v) is 2.39. The predicted octanol–water partition coefficient (Wildman–Crippen LogP) is 2.36. The second-order valence-corrected chi connectivity index (χ2v) is 5.10. The van der Waals surface area contributed by atoms with E-state index in [2.05, 4.69) is 22.2 Å². The average molecular weight is 220 g/mol. The van der Waals surface area contributed by atoms with Gasteiger partial charge in [-0.2, -0.15) is 0 Å². The molecular formula is C12H20N4. The Morgan fingerprint density at radius 3 is 2.69 bits per heavy atom. The maximum atomic E-state index is 5.69. The summed E-state index contributed by atoms with van der Waals surface area (Å²) in [4.78, 5) is 8.38. The minimum absolute atomic E-state index is 0.424. The Kier molecular flexibility index (Phi) is 2.99. The number of aromatic nitrogens is 2. The fourth-order valence-electron chi connectivity index (χ4n) is 2.39. The standard InChI is InChI=1S/C12H20N4/c1-9-15-10(13)7-11(16-9)14-8-12(2)5-3-4-6-12/h7H,3-6,8H2,1-2H3,(H3,13,14,15,16). The van der Waals surface area contributed by atoms with Gasteiger partial charge in [-0.1, -0.05) is 19.8 Å². The van der Waals surface area contributed by atoms with E-state index < -0.39 is 0 Å². The molecule has 0 spiro atoms. The highest BCUT2D eigenvalue weighted by atomic mass is 15.0. The first-order valence-corrected chi connectivity index (χ1v) is 5.92. The number of nitrogen functional groups attached to an aromatic ring is 1. The Labute approximate surface area is 96.7 Å². The lowest BCUT2D eigenvalue weighted by molar-refractivity contribution is 0.361. The van der Waals surface area contributed by atoms with Crippen LogP contribution in [0.25, 0.3) is 0 Å². The van der Waals surface area contributed by atoms with Gasteiger partial charge in [0.1, 0.15) is 17.5 Å². The van der Waals surface area contributed by atoms with Gasteiger partial charge >= 0.3 is 0 Å². The van der Waals surface area contributed by atoms with E-state index in [4.69, 9.17) is 5.73 Å². The molecule has 16 heavy (non-hydrogen) atoms. The zero-order chi connectivity index (χ0) is 11.6. The Morgan fingerprint density at radius 1 is 1.38 bits per heavy atom. The van der Waals surface area contributed by atoms with Crippen LogP contribution < -0.4 is 11.1 Å². The lowest BCUT2D eigenvalue weighted by Gasteiger charge is -2.24. The van der Waals surface area contributed by atoms with E-state index in [0.717, 1.165) is 18.2 Å². The smallest absolute Gasteiger partial charge is 0.131 e. The average Bonchev–Trinajstić information content (AvgIpc) is 2.62. The van der Waals surface area contributed by atoms with Crippen molar-refractivity contribution >= 4 is 11.6 Å². The van der Waals surface area contributed by atoms with Crippen molar-refractivity contribution in [3.8, 4) is 0 Å². The van der Waals surface area contributed by atoms with Gasteiger partial charge in [-0.25, -0.2) is 9.97 Å². The van der Waals surface area contributed by atoms with E-state index in [0.29, 0.717) is 11.2 Å². The van der Waals surface area contributed by atoms with Crippen molar-refractivity contribution in [2.75, 3.05) is 17.6 Å². The van der Waals surface area contributed by atoms with Gasteiger partial charge in [0, 0.05) is 12.6 Å². The Morgan fingerprint density at radius 2 is 2.06 bits per heavy atom. The molecule has 0 unspecified atom stereocenters. The van der Waals surface area contributed by atoms with E-state index in [1.165, 1.54) is 25.7 Å². The number of aryl methyl sites for hydroxylation is 1. The molecule has 1 aliphatic rings. The summed E-state index contributed by atoms with van der Waals surface area (Å²) in [5.74, 6) is 2.10. The van der Waals surface area contributed by atoms with Gasteiger partial charge in [0.05, 0.1) is 0 Å². The van der Waals surface area contributed by atoms with E-state index in [1.54, 1.807) is 6.07 Å². The number of nitrogens with one attached hydrogen (secondary N) is 1. The Balaban J connectivity index is 1.98. The summed E-state index contributed by atoms with van der Waals surface area (Å²) in [7, 11) is 0. The van der Waals surface area contributed by atoms with Crippen LogP contribution in [-0.4, -0.2) is 16.5 Å². The molecule has 4 nitrogen and oxygen atoms in total. The number of nitrogens with two attached hydrogens (primary N) is 1. The van der Waals surface area contributed by atoms with Crippen molar-refractivity contribution in [3.05, 3.63) is 11.9 Å². The summed E-state index contributed by atoms with van der Waals surface area (Å²) in [5.41, 5.74) is 6.11. The van der Waals surface area contributed by atoms with Crippen LogP contribution in [0.4, 0.5) is 11.6 Å². The maximum Gasteiger partial charge on any atom is 0.131 e. The van der Waals surface area contributed by atoms with Gasteiger partial charge in [-0.05, 0) is 25.2 Å².